The largest absolute Gasteiger partial charge is 0.333 e. The van der Waals surface area contributed by atoms with Crippen molar-refractivity contribution < 1.29 is 14.2 Å². The summed E-state index contributed by atoms with van der Waals surface area (Å²) in [6, 6.07) is -0.746. The van der Waals surface area contributed by atoms with Crippen LogP contribution in [0.3, 0.4) is 0 Å². The van der Waals surface area contributed by atoms with E-state index in [2.05, 4.69) is 23.3 Å². The first-order valence-corrected chi connectivity index (χ1v) is 9.92. The molecule has 144 valence electrons. The highest BCUT2D eigenvalue weighted by atomic mass is 16.2. The Morgan fingerprint density at radius 1 is 1.12 bits per heavy atom. The number of hydrogen-bond donors (Lipinski definition) is 0. The number of amidine groups is 2. The standard InChI is InChI=1S/C19H32N5O2/c1-5-6-7-10-24-15(13-23-11-8-14(2)9-12-23)20-17-16(24)18(25)22(4)19(26)21(17)3/h14,16H,5-13H2,1-4H3/q+1. The molecule has 0 bridgehead atoms. The number of hydrogen-bond acceptors (Lipinski definition) is 4. The topological polar surface area (TPSA) is 59.2 Å². The van der Waals surface area contributed by atoms with Gasteiger partial charge < -0.3 is 0 Å². The van der Waals surface area contributed by atoms with Crippen molar-refractivity contribution in [1.29, 1.82) is 0 Å². The van der Waals surface area contributed by atoms with Crippen LogP contribution in [0.15, 0.2) is 4.99 Å². The summed E-state index contributed by atoms with van der Waals surface area (Å²) in [4.78, 5) is 35.1. The van der Waals surface area contributed by atoms with Gasteiger partial charge in [0.2, 0.25) is 0 Å². The third-order valence-electron chi connectivity index (χ3n) is 5.86. The number of carbonyl (C=O) groups excluding carboxylic acids is 2. The van der Waals surface area contributed by atoms with Crippen LogP contribution in [0.25, 0.3) is 0 Å². The molecule has 0 radical (unpaired) electrons. The molecule has 7 nitrogen and oxygen atoms in total. The molecule has 0 aromatic heterocycles. The Morgan fingerprint density at radius 3 is 2.46 bits per heavy atom. The maximum absolute atomic E-state index is 12.8. The molecule has 1 atom stereocenters. The predicted octanol–water partition coefficient (Wildman–Crippen LogP) is 1.62. The van der Waals surface area contributed by atoms with Crippen molar-refractivity contribution in [3.05, 3.63) is 0 Å². The quantitative estimate of drug-likeness (QED) is 0.533. The van der Waals surface area contributed by atoms with E-state index in [4.69, 9.17) is 4.99 Å². The zero-order valence-corrected chi connectivity index (χ0v) is 16.6. The Morgan fingerprint density at radius 2 is 1.81 bits per heavy atom. The summed E-state index contributed by atoms with van der Waals surface area (Å²) in [6.45, 7) is 8.21. The Kier molecular flexibility index (Phi) is 5.75. The Balaban J connectivity index is 1.85. The van der Waals surface area contributed by atoms with E-state index in [9.17, 15) is 9.59 Å². The fourth-order valence-corrected chi connectivity index (χ4v) is 3.99. The number of aliphatic imine (C=N–C) groups is 1. The zero-order chi connectivity index (χ0) is 18.8. The molecule has 3 rings (SSSR count). The molecule has 0 aromatic rings. The maximum Gasteiger partial charge on any atom is 0.333 e. The molecule has 0 saturated carbocycles. The number of unbranched alkanes of at least 4 members (excludes halogenated alkanes) is 2. The lowest BCUT2D eigenvalue weighted by Gasteiger charge is -2.31. The number of piperidine rings is 1. The molecule has 7 heteroatoms. The van der Waals surface area contributed by atoms with Gasteiger partial charge in [0.15, 0.2) is 0 Å². The predicted molar refractivity (Wildman–Crippen MR) is 102 cm³/mol. The normalized spacial score (nSPS) is 25.2. The Bertz CT molecular complexity index is 634. The second kappa shape index (κ2) is 7.86. The van der Waals surface area contributed by atoms with Crippen LogP contribution in [-0.4, -0.2) is 89.2 Å². The number of imide groups is 1. The molecule has 3 heterocycles. The van der Waals surface area contributed by atoms with Crippen molar-refractivity contribution in [2.75, 3.05) is 40.3 Å². The van der Waals surface area contributed by atoms with E-state index >= 15 is 0 Å². The van der Waals surface area contributed by atoms with Gasteiger partial charge in [-0.1, -0.05) is 20.3 Å². The number of nitrogens with zero attached hydrogens (tertiary/aromatic N) is 5. The van der Waals surface area contributed by atoms with E-state index in [1.54, 1.807) is 14.1 Å². The van der Waals surface area contributed by atoms with Gasteiger partial charge in [-0.15, -0.1) is 0 Å². The highest BCUT2D eigenvalue weighted by Gasteiger charge is 2.52. The van der Waals surface area contributed by atoms with Crippen LogP contribution >= 0.6 is 0 Å². The minimum atomic E-state index is -0.446. The number of rotatable bonds is 6. The van der Waals surface area contributed by atoms with E-state index in [0.29, 0.717) is 5.84 Å². The fraction of sp³-hybridized carbons (Fsp3) is 0.789. The van der Waals surface area contributed by atoms with Gasteiger partial charge in [0.05, 0.1) is 6.54 Å². The summed E-state index contributed by atoms with van der Waals surface area (Å²) in [5.74, 6) is 2.16. The van der Waals surface area contributed by atoms with E-state index in [1.165, 1.54) is 22.6 Å². The van der Waals surface area contributed by atoms with E-state index in [-0.39, 0.29) is 11.9 Å². The van der Waals surface area contributed by atoms with E-state index in [0.717, 1.165) is 57.2 Å². The molecular weight excluding hydrogens is 330 g/mol. The van der Waals surface area contributed by atoms with Gasteiger partial charge in [0.1, 0.15) is 6.54 Å². The lowest BCUT2D eigenvalue weighted by atomic mass is 9.99. The first kappa shape index (κ1) is 19.0. The summed E-state index contributed by atoms with van der Waals surface area (Å²) < 4.78 is 2.14. The first-order chi connectivity index (χ1) is 12.4. The number of fused-ring (bicyclic) bond motifs is 1. The number of urea groups is 1. The van der Waals surface area contributed by atoms with Crippen LogP contribution in [0.5, 0.6) is 0 Å². The number of carbonyl (C=O) groups is 2. The molecule has 2 fully saturated rings. The molecule has 0 N–H and O–H groups in total. The number of likely N-dealkylation sites (N-methyl/N-ethyl adjacent to an activating group) is 2. The number of likely N-dealkylation sites (tertiary alicyclic amines) is 1. The summed E-state index contributed by atoms with van der Waals surface area (Å²) >= 11 is 0. The van der Waals surface area contributed by atoms with Crippen LogP contribution < -0.4 is 0 Å². The lowest BCUT2D eigenvalue weighted by molar-refractivity contribution is -0.537. The molecule has 3 aliphatic rings. The van der Waals surface area contributed by atoms with Crippen molar-refractivity contribution in [3.63, 3.8) is 0 Å². The molecule has 3 amide bonds. The molecule has 26 heavy (non-hydrogen) atoms. The second-order valence-corrected chi connectivity index (χ2v) is 7.89. The fourth-order valence-electron chi connectivity index (χ4n) is 3.99. The summed E-state index contributed by atoms with van der Waals surface area (Å²) in [6.07, 6.45) is 5.72. The van der Waals surface area contributed by atoms with Crippen molar-refractivity contribution >= 4 is 23.6 Å². The van der Waals surface area contributed by atoms with Crippen LogP contribution in [0.1, 0.15) is 46.0 Å². The van der Waals surface area contributed by atoms with Gasteiger partial charge in [-0.2, -0.15) is 0 Å². The molecule has 0 aromatic carbocycles. The summed E-state index contributed by atoms with van der Waals surface area (Å²) in [7, 11) is 3.28. The first-order valence-electron chi connectivity index (χ1n) is 9.92. The zero-order valence-electron chi connectivity index (χ0n) is 16.6. The van der Waals surface area contributed by atoms with E-state index < -0.39 is 6.04 Å². The lowest BCUT2D eigenvalue weighted by Crippen LogP contribution is -2.61. The molecule has 1 unspecified atom stereocenters. The Hall–Kier alpha value is -1.76. The monoisotopic (exact) mass is 362 g/mol. The van der Waals surface area contributed by atoms with Gasteiger partial charge in [-0.3, -0.25) is 19.5 Å². The molecule has 2 saturated heterocycles. The van der Waals surface area contributed by atoms with Crippen molar-refractivity contribution in [1.82, 2.24) is 14.7 Å². The molecular formula is C19H32N5O2+. The minimum Gasteiger partial charge on any atom is -0.292 e. The van der Waals surface area contributed by atoms with Gasteiger partial charge in [0.25, 0.3) is 17.8 Å². The van der Waals surface area contributed by atoms with Crippen LogP contribution in [0, 0.1) is 5.92 Å². The van der Waals surface area contributed by atoms with Crippen molar-refractivity contribution in [3.8, 4) is 0 Å². The van der Waals surface area contributed by atoms with Crippen molar-refractivity contribution in [2.24, 2.45) is 10.9 Å². The Labute approximate surface area is 156 Å². The van der Waals surface area contributed by atoms with Crippen LogP contribution in [0.4, 0.5) is 4.79 Å². The molecule has 0 spiro atoms. The maximum atomic E-state index is 12.8. The van der Waals surface area contributed by atoms with Gasteiger partial charge >= 0.3 is 11.9 Å². The SMILES string of the molecule is CCCCC[N+]1=C(CN2CCC(C)CC2)N=C2C1C(=O)N(C)C(=O)N2C. The highest BCUT2D eigenvalue weighted by molar-refractivity contribution is 6.23. The molecule has 3 aliphatic heterocycles. The third kappa shape index (κ3) is 3.54. The second-order valence-electron chi connectivity index (χ2n) is 7.89. The highest BCUT2D eigenvalue weighted by Crippen LogP contribution is 2.21. The number of amides is 3. The van der Waals surface area contributed by atoms with Gasteiger partial charge in [0, 0.05) is 14.1 Å². The van der Waals surface area contributed by atoms with Gasteiger partial charge in [-0.05, 0) is 49.7 Å². The summed E-state index contributed by atoms with van der Waals surface area (Å²) in [5.41, 5.74) is 0. The van der Waals surface area contributed by atoms with Crippen molar-refractivity contribution in [2.45, 2.75) is 52.0 Å². The molecule has 0 aliphatic carbocycles. The van der Waals surface area contributed by atoms with E-state index in [1.807, 2.05) is 0 Å². The minimum absolute atomic E-state index is 0.161. The smallest absolute Gasteiger partial charge is 0.292 e. The van der Waals surface area contributed by atoms with Crippen LogP contribution in [-0.2, 0) is 4.79 Å². The van der Waals surface area contributed by atoms with Gasteiger partial charge in [-0.25, -0.2) is 9.37 Å². The van der Waals surface area contributed by atoms with Crippen LogP contribution in [0.2, 0.25) is 0 Å². The average molecular weight is 362 g/mol. The average Bonchev–Trinajstić information content (AvgIpc) is 2.99. The third-order valence-corrected chi connectivity index (χ3v) is 5.86. The summed E-state index contributed by atoms with van der Waals surface area (Å²) in [5, 5.41) is 0.